The standard InChI is InChI=1S/C21H25N3O3/c1-16(2)18-5-7-19(8-6-18)21(25)23-13-11-22(12-14-23)15-17-3-9-20(10-4-17)24(26)27/h3-10,16H,11-15H2,1-2H3. The number of non-ortho nitro benzene ring substituents is 1. The zero-order valence-electron chi connectivity index (χ0n) is 15.8. The van der Waals surface area contributed by atoms with Gasteiger partial charge in [-0.3, -0.25) is 19.8 Å². The molecule has 1 heterocycles. The summed E-state index contributed by atoms with van der Waals surface area (Å²) in [6, 6.07) is 14.6. The molecule has 6 heteroatoms. The number of piperazine rings is 1. The van der Waals surface area contributed by atoms with E-state index >= 15 is 0 Å². The smallest absolute Gasteiger partial charge is 0.269 e. The van der Waals surface area contributed by atoms with Gasteiger partial charge in [0.2, 0.25) is 0 Å². The summed E-state index contributed by atoms with van der Waals surface area (Å²) in [5.74, 6) is 0.539. The fourth-order valence-electron chi connectivity index (χ4n) is 3.28. The predicted octanol–water partition coefficient (Wildman–Crippen LogP) is 3.68. The predicted molar refractivity (Wildman–Crippen MR) is 105 cm³/mol. The van der Waals surface area contributed by atoms with Crippen molar-refractivity contribution in [3.05, 3.63) is 75.3 Å². The number of benzene rings is 2. The van der Waals surface area contributed by atoms with Gasteiger partial charge in [0.25, 0.3) is 11.6 Å². The molecule has 0 unspecified atom stereocenters. The van der Waals surface area contributed by atoms with E-state index in [4.69, 9.17) is 0 Å². The number of carbonyl (C=O) groups is 1. The number of nitro benzene ring substituents is 1. The molecule has 1 fully saturated rings. The van der Waals surface area contributed by atoms with Crippen LogP contribution in [0.4, 0.5) is 5.69 Å². The van der Waals surface area contributed by atoms with Crippen LogP contribution in [0.3, 0.4) is 0 Å². The Labute approximate surface area is 159 Å². The van der Waals surface area contributed by atoms with E-state index in [1.807, 2.05) is 29.2 Å². The van der Waals surface area contributed by atoms with Gasteiger partial charge < -0.3 is 4.90 Å². The summed E-state index contributed by atoms with van der Waals surface area (Å²) in [5, 5.41) is 10.7. The van der Waals surface area contributed by atoms with Crippen molar-refractivity contribution >= 4 is 11.6 Å². The number of carbonyl (C=O) groups excluding carboxylic acids is 1. The highest BCUT2D eigenvalue weighted by atomic mass is 16.6. The highest BCUT2D eigenvalue weighted by Crippen LogP contribution is 2.18. The number of rotatable bonds is 5. The Morgan fingerprint density at radius 1 is 1.00 bits per heavy atom. The van der Waals surface area contributed by atoms with Crippen LogP contribution in [-0.2, 0) is 6.54 Å². The molecule has 0 spiro atoms. The number of nitro groups is 1. The summed E-state index contributed by atoms with van der Waals surface area (Å²) in [6.07, 6.45) is 0. The second-order valence-corrected chi connectivity index (χ2v) is 7.27. The molecule has 1 saturated heterocycles. The minimum Gasteiger partial charge on any atom is -0.336 e. The fourth-order valence-corrected chi connectivity index (χ4v) is 3.28. The summed E-state index contributed by atoms with van der Waals surface area (Å²) in [7, 11) is 0. The second-order valence-electron chi connectivity index (χ2n) is 7.27. The van der Waals surface area contributed by atoms with Gasteiger partial charge in [-0.2, -0.15) is 0 Å². The monoisotopic (exact) mass is 367 g/mol. The number of hydrogen-bond acceptors (Lipinski definition) is 4. The first-order chi connectivity index (χ1) is 12.9. The van der Waals surface area contributed by atoms with Gasteiger partial charge in [-0.15, -0.1) is 0 Å². The van der Waals surface area contributed by atoms with Gasteiger partial charge in [0.05, 0.1) is 4.92 Å². The van der Waals surface area contributed by atoms with Crippen molar-refractivity contribution in [2.75, 3.05) is 26.2 Å². The minimum absolute atomic E-state index is 0.0836. The molecular formula is C21H25N3O3. The van der Waals surface area contributed by atoms with Crippen molar-refractivity contribution in [1.29, 1.82) is 0 Å². The van der Waals surface area contributed by atoms with Crippen LogP contribution in [0.15, 0.2) is 48.5 Å². The summed E-state index contributed by atoms with van der Waals surface area (Å²) in [5.41, 5.74) is 3.13. The average molecular weight is 367 g/mol. The molecule has 0 atom stereocenters. The molecule has 0 N–H and O–H groups in total. The van der Waals surface area contributed by atoms with E-state index in [1.54, 1.807) is 12.1 Å². The van der Waals surface area contributed by atoms with Crippen LogP contribution in [0.2, 0.25) is 0 Å². The van der Waals surface area contributed by atoms with E-state index in [9.17, 15) is 14.9 Å². The maximum absolute atomic E-state index is 12.7. The van der Waals surface area contributed by atoms with Gasteiger partial charge in [-0.1, -0.05) is 38.1 Å². The van der Waals surface area contributed by atoms with Crippen molar-refractivity contribution < 1.29 is 9.72 Å². The Morgan fingerprint density at radius 3 is 2.11 bits per heavy atom. The quantitative estimate of drug-likeness (QED) is 0.597. The lowest BCUT2D eigenvalue weighted by molar-refractivity contribution is -0.384. The van der Waals surface area contributed by atoms with Gasteiger partial charge in [0.1, 0.15) is 0 Å². The molecule has 1 aliphatic heterocycles. The molecule has 6 nitrogen and oxygen atoms in total. The molecule has 1 amide bonds. The lowest BCUT2D eigenvalue weighted by Gasteiger charge is -2.34. The molecule has 1 aliphatic rings. The maximum Gasteiger partial charge on any atom is 0.269 e. The molecule has 142 valence electrons. The van der Waals surface area contributed by atoms with E-state index < -0.39 is 0 Å². The molecule has 27 heavy (non-hydrogen) atoms. The van der Waals surface area contributed by atoms with Crippen LogP contribution in [0.1, 0.15) is 41.3 Å². The van der Waals surface area contributed by atoms with Gasteiger partial charge >= 0.3 is 0 Å². The third-order valence-electron chi connectivity index (χ3n) is 5.04. The van der Waals surface area contributed by atoms with E-state index in [0.29, 0.717) is 19.0 Å². The normalized spacial score (nSPS) is 15.1. The van der Waals surface area contributed by atoms with Gasteiger partial charge in [0, 0.05) is 50.4 Å². The Morgan fingerprint density at radius 2 is 1.59 bits per heavy atom. The molecule has 2 aromatic carbocycles. The number of nitrogens with zero attached hydrogens (tertiary/aromatic N) is 3. The van der Waals surface area contributed by atoms with Crippen molar-refractivity contribution in [3.63, 3.8) is 0 Å². The van der Waals surface area contributed by atoms with Crippen molar-refractivity contribution in [3.8, 4) is 0 Å². The van der Waals surface area contributed by atoms with Crippen LogP contribution >= 0.6 is 0 Å². The van der Waals surface area contributed by atoms with Crippen molar-refractivity contribution in [1.82, 2.24) is 9.80 Å². The Bertz CT molecular complexity index is 792. The highest BCUT2D eigenvalue weighted by Gasteiger charge is 2.22. The molecule has 0 bridgehead atoms. The molecular weight excluding hydrogens is 342 g/mol. The summed E-state index contributed by atoms with van der Waals surface area (Å²) < 4.78 is 0. The zero-order chi connectivity index (χ0) is 19.4. The highest BCUT2D eigenvalue weighted by molar-refractivity contribution is 5.94. The summed E-state index contributed by atoms with van der Waals surface area (Å²) >= 11 is 0. The molecule has 2 aromatic rings. The number of amides is 1. The van der Waals surface area contributed by atoms with E-state index in [2.05, 4.69) is 18.7 Å². The Hall–Kier alpha value is -2.73. The van der Waals surface area contributed by atoms with Crippen LogP contribution < -0.4 is 0 Å². The molecule has 3 rings (SSSR count). The average Bonchev–Trinajstić information content (AvgIpc) is 2.68. The third-order valence-corrected chi connectivity index (χ3v) is 5.04. The van der Waals surface area contributed by atoms with Gasteiger partial charge in [-0.05, 0) is 29.2 Å². The van der Waals surface area contributed by atoms with E-state index in [-0.39, 0.29) is 16.5 Å². The molecule has 0 aromatic heterocycles. The fraction of sp³-hybridized carbons (Fsp3) is 0.381. The summed E-state index contributed by atoms with van der Waals surface area (Å²) in [6.45, 7) is 8.00. The number of hydrogen-bond donors (Lipinski definition) is 0. The zero-order valence-corrected chi connectivity index (χ0v) is 15.8. The minimum atomic E-state index is -0.387. The third kappa shape index (κ3) is 4.71. The maximum atomic E-state index is 12.7. The van der Waals surface area contributed by atoms with Crippen molar-refractivity contribution in [2.45, 2.75) is 26.3 Å². The Kier molecular flexibility index (Phi) is 5.86. The SMILES string of the molecule is CC(C)c1ccc(C(=O)N2CCN(Cc3ccc([N+](=O)[O-])cc3)CC2)cc1. The summed E-state index contributed by atoms with van der Waals surface area (Å²) in [4.78, 5) is 27.2. The van der Waals surface area contributed by atoms with Crippen LogP contribution in [0.5, 0.6) is 0 Å². The van der Waals surface area contributed by atoms with Gasteiger partial charge in [-0.25, -0.2) is 0 Å². The molecule has 0 radical (unpaired) electrons. The second kappa shape index (κ2) is 8.31. The van der Waals surface area contributed by atoms with Crippen molar-refractivity contribution in [2.24, 2.45) is 0 Å². The first kappa shape index (κ1) is 19.0. The molecule has 0 saturated carbocycles. The Balaban J connectivity index is 1.53. The largest absolute Gasteiger partial charge is 0.336 e. The molecule has 0 aliphatic carbocycles. The van der Waals surface area contributed by atoms with Crippen LogP contribution in [0, 0.1) is 10.1 Å². The topological polar surface area (TPSA) is 66.7 Å². The van der Waals surface area contributed by atoms with Crippen LogP contribution in [-0.4, -0.2) is 46.8 Å². The lowest BCUT2D eigenvalue weighted by atomic mass is 10.0. The van der Waals surface area contributed by atoms with E-state index in [0.717, 1.165) is 30.8 Å². The van der Waals surface area contributed by atoms with E-state index in [1.165, 1.54) is 17.7 Å². The first-order valence-electron chi connectivity index (χ1n) is 9.29. The first-order valence-corrected chi connectivity index (χ1v) is 9.29. The van der Waals surface area contributed by atoms with Gasteiger partial charge in [0.15, 0.2) is 0 Å². The van der Waals surface area contributed by atoms with Crippen LogP contribution in [0.25, 0.3) is 0 Å². The lowest BCUT2D eigenvalue weighted by Crippen LogP contribution is -2.48.